The highest BCUT2D eigenvalue weighted by Crippen LogP contribution is 2.29. The Labute approximate surface area is 149 Å². The highest BCUT2D eigenvalue weighted by atomic mass is 16.3. The number of likely N-dealkylation sites (tertiary alicyclic amines) is 1. The summed E-state index contributed by atoms with van der Waals surface area (Å²) in [5.41, 5.74) is -0.507. The first-order valence-corrected chi connectivity index (χ1v) is 9.05. The molecule has 1 amide bonds. The van der Waals surface area contributed by atoms with Gasteiger partial charge in [0.05, 0.1) is 0 Å². The third-order valence-corrected chi connectivity index (χ3v) is 4.85. The lowest BCUT2D eigenvalue weighted by Crippen LogP contribution is -2.46. The molecule has 3 rings (SSSR count). The van der Waals surface area contributed by atoms with Crippen molar-refractivity contribution in [1.29, 1.82) is 0 Å². The van der Waals surface area contributed by atoms with Crippen molar-refractivity contribution in [3.05, 3.63) is 71.8 Å². The van der Waals surface area contributed by atoms with E-state index >= 15 is 0 Å². The minimum absolute atomic E-state index is 0.369. The Morgan fingerprint density at radius 2 is 1.48 bits per heavy atom. The van der Waals surface area contributed by atoms with E-state index in [4.69, 9.17) is 0 Å². The molecular weight excluding hydrogens is 312 g/mol. The maximum absolute atomic E-state index is 12.9. The highest BCUT2D eigenvalue weighted by molar-refractivity contribution is 5.90. The summed E-state index contributed by atoms with van der Waals surface area (Å²) in [7, 11) is 0. The van der Waals surface area contributed by atoms with Crippen molar-refractivity contribution in [1.82, 2.24) is 10.2 Å². The second-order valence-corrected chi connectivity index (χ2v) is 6.60. The lowest BCUT2D eigenvalue weighted by atomic mass is 9.85. The van der Waals surface area contributed by atoms with Gasteiger partial charge >= 0.3 is 0 Å². The summed E-state index contributed by atoms with van der Waals surface area (Å²) in [6, 6.07) is 18.3. The molecule has 1 aliphatic heterocycles. The van der Waals surface area contributed by atoms with Crippen LogP contribution in [0.2, 0.25) is 0 Å². The summed E-state index contributed by atoms with van der Waals surface area (Å²) < 4.78 is 0. The number of hydrogen-bond donors (Lipinski definition) is 2. The van der Waals surface area contributed by atoms with Crippen LogP contribution in [-0.2, 0) is 10.4 Å². The van der Waals surface area contributed by atoms with Crippen molar-refractivity contribution in [3.63, 3.8) is 0 Å². The Bertz CT molecular complexity index is 627. The fourth-order valence-electron chi connectivity index (χ4n) is 3.43. The van der Waals surface area contributed by atoms with Crippen LogP contribution in [0, 0.1) is 0 Å². The topological polar surface area (TPSA) is 52.6 Å². The number of nitrogens with one attached hydrogen (secondary N) is 1. The largest absolute Gasteiger partial charge is 0.372 e. The third-order valence-electron chi connectivity index (χ3n) is 4.85. The number of nitrogens with zero attached hydrogens (tertiary/aromatic N) is 1. The van der Waals surface area contributed by atoms with Gasteiger partial charge in [-0.15, -0.1) is 0 Å². The van der Waals surface area contributed by atoms with E-state index in [1.54, 1.807) is 24.3 Å². The van der Waals surface area contributed by atoms with Crippen LogP contribution in [-0.4, -0.2) is 42.1 Å². The lowest BCUT2D eigenvalue weighted by Gasteiger charge is -2.28. The first-order valence-electron chi connectivity index (χ1n) is 9.05. The lowest BCUT2D eigenvalue weighted by molar-refractivity contribution is -0.136. The SMILES string of the molecule is O=C(NCCCN1CCCC1)C(O)(c1ccccc1)c1ccccc1. The molecule has 0 saturated carbocycles. The smallest absolute Gasteiger partial charge is 0.261 e. The van der Waals surface area contributed by atoms with Crippen molar-refractivity contribution >= 4 is 5.91 Å². The zero-order valence-electron chi connectivity index (χ0n) is 14.5. The fraction of sp³-hybridized carbons (Fsp3) is 0.381. The third kappa shape index (κ3) is 4.09. The molecule has 4 heteroatoms. The maximum atomic E-state index is 12.9. The van der Waals surface area contributed by atoms with Crippen LogP contribution in [0.3, 0.4) is 0 Å². The number of carbonyl (C=O) groups excluding carboxylic acids is 1. The first kappa shape index (κ1) is 17.6. The first-order chi connectivity index (χ1) is 12.2. The van der Waals surface area contributed by atoms with Crippen LogP contribution < -0.4 is 5.32 Å². The molecular formula is C21H26N2O2. The Balaban J connectivity index is 1.69. The molecule has 0 radical (unpaired) electrons. The van der Waals surface area contributed by atoms with Crippen LogP contribution in [0.15, 0.2) is 60.7 Å². The predicted octanol–water partition coefficient (Wildman–Crippen LogP) is 2.52. The molecule has 0 unspecified atom stereocenters. The van der Waals surface area contributed by atoms with Gasteiger partial charge in [-0.1, -0.05) is 60.7 Å². The van der Waals surface area contributed by atoms with Crippen LogP contribution in [0.25, 0.3) is 0 Å². The average Bonchev–Trinajstić information content (AvgIpc) is 3.19. The van der Waals surface area contributed by atoms with Crippen molar-refractivity contribution in [2.45, 2.75) is 24.9 Å². The van der Waals surface area contributed by atoms with Gasteiger partial charge in [-0.3, -0.25) is 4.79 Å². The molecule has 1 fully saturated rings. The highest BCUT2D eigenvalue weighted by Gasteiger charge is 2.39. The fourth-order valence-corrected chi connectivity index (χ4v) is 3.43. The number of amides is 1. The zero-order valence-corrected chi connectivity index (χ0v) is 14.5. The average molecular weight is 338 g/mol. The quantitative estimate of drug-likeness (QED) is 0.763. The van der Waals surface area contributed by atoms with Gasteiger partial charge in [-0.25, -0.2) is 0 Å². The second kappa shape index (κ2) is 8.28. The minimum Gasteiger partial charge on any atom is -0.372 e. The Kier molecular flexibility index (Phi) is 5.84. The summed E-state index contributed by atoms with van der Waals surface area (Å²) in [6.45, 7) is 3.88. The predicted molar refractivity (Wildman–Crippen MR) is 99.2 cm³/mol. The van der Waals surface area contributed by atoms with E-state index in [2.05, 4.69) is 10.2 Å². The van der Waals surface area contributed by atoms with Crippen molar-refractivity contribution < 1.29 is 9.90 Å². The minimum atomic E-state index is -1.67. The Hall–Kier alpha value is -2.17. The molecule has 0 bridgehead atoms. The van der Waals surface area contributed by atoms with Crippen LogP contribution in [0.5, 0.6) is 0 Å². The van der Waals surface area contributed by atoms with Gasteiger partial charge in [0, 0.05) is 6.54 Å². The number of rotatable bonds is 7. The summed E-state index contributed by atoms with van der Waals surface area (Å²) in [6.07, 6.45) is 3.44. The Morgan fingerprint density at radius 3 is 2.00 bits per heavy atom. The molecule has 1 saturated heterocycles. The molecule has 25 heavy (non-hydrogen) atoms. The maximum Gasteiger partial charge on any atom is 0.261 e. The van der Waals surface area contributed by atoms with E-state index in [9.17, 15) is 9.90 Å². The van der Waals surface area contributed by atoms with E-state index in [1.165, 1.54) is 12.8 Å². The number of hydrogen-bond acceptors (Lipinski definition) is 3. The molecule has 0 aromatic heterocycles. The summed E-state index contributed by atoms with van der Waals surface area (Å²) in [4.78, 5) is 15.3. The standard InChI is InChI=1S/C21H26N2O2/c24-20(22-14-9-17-23-15-7-8-16-23)21(25,18-10-3-1-4-11-18)19-12-5-2-6-13-19/h1-6,10-13,25H,7-9,14-17H2,(H,22,24). The van der Waals surface area contributed by atoms with Gasteiger partial charge in [0.25, 0.3) is 5.91 Å². The monoisotopic (exact) mass is 338 g/mol. The second-order valence-electron chi connectivity index (χ2n) is 6.60. The summed E-state index contributed by atoms with van der Waals surface area (Å²) >= 11 is 0. The van der Waals surface area contributed by atoms with Crippen molar-refractivity contribution in [2.24, 2.45) is 0 Å². The molecule has 1 heterocycles. The van der Waals surface area contributed by atoms with E-state index in [0.717, 1.165) is 26.1 Å². The van der Waals surface area contributed by atoms with Gasteiger partial charge in [-0.2, -0.15) is 0 Å². The number of benzene rings is 2. The van der Waals surface area contributed by atoms with E-state index in [0.29, 0.717) is 17.7 Å². The molecule has 2 aromatic carbocycles. The molecule has 2 aromatic rings. The van der Waals surface area contributed by atoms with E-state index in [1.807, 2.05) is 36.4 Å². The molecule has 0 atom stereocenters. The van der Waals surface area contributed by atoms with Crippen LogP contribution in [0.1, 0.15) is 30.4 Å². The molecule has 0 spiro atoms. The van der Waals surface area contributed by atoms with Crippen molar-refractivity contribution in [3.8, 4) is 0 Å². The number of aliphatic hydroxyl groups is 1. The zero-order chi connectivity index (χ0) is 17.5. The molecule has 0 aliphatic carbocycles. The molecule has 4 nitrogen and oxygen atoms in total. The molecule has 2 N–H and O–H groups in total. The van der Waals surface area contributed by atoms with Gasteiger partial charge < -0.3 is 15.3 Å². The van der Waals surface area contributed by atoms with E-state index < -0.39 is 5.60 Å². The normalized spacial score (nSPS) is 15.2. The summed E-state index contributed by atoms with van der Waals surface area (Å²) in [5, 5.41) is 14.2. The molecule has 1 aliphatic rings. The van der Waals surface area contributed by atoms with Gasteiger partial charge in [0.2, 0.25) is 0 Å². The van der Waals surface area contributed by atoms with E-state index in [-0.39, 0.29) is 5.91 Å². The Morgan fingerprint density at radius 1 is 0.960 bits per heavy atom. The van der Waals surface area contributed by atoms with Crippen LogP contribution in [0.4, 0.5) is 0 Å². The van der Waals surface area contributed by atoms with Crippen molar-refractivity contribution in [2.75, 3.05) is 26.2 Å². The van der Waals surface area contributed by atoms with Gasteiger partial charge in [-0.05, 0) is 50.0 Å². The van der Waals surface area contributed by atoms with Gasteiger partial charge in [0.15, 0.2) is 5.60 Å². The summed E-state index contributed by atoms with van der Waals surface area (Å²) in [5.74, 6) is -0.369. The van der Waals surface area contributed by atoms with Crippen LogP contribution >= 0.6 is 0 Å². The van der Waals surface area contributed by atoms with Gasteiger partial charge in [0.1, 0.15) is 0 Å². The number of carbonyl (C=O) groups is 1. The molecule has 132 valence electrons.